The third-order valence-electron chi connectivity index (χ3n) is 7.38. The molecular formula is C29H31ClF2N4O. The van der Waals surface area contributed by atoms with E-state index in [0.29, 0.717) is 43.1 Å². The van der Waals surface area contributed by atoms with Crippen LogP contribution < -0.4 is 15.5 Å². The van der Waals surface area contributed by atoms with Crippen molar-refractivity contribution in [2.24, 2.45) is 0 Å². The van der Waals surface area contributed by atoms with Crippen LogP contribution in [0, 0.1) is 11.6 Å². The van der Waals surface area contributed by atoms with Crippen molar-refractivity contribution in [3.05, 3.63) is 101 Å². The average Bonchev–Trinajstić information content (AvgIpc) is 3.32. The smallest absolute Gasteiger partial charge is 0.243 e. The van der Waals surface area contributed by atoms with Gasteiger partial charge < -0.3 is 20.4 Å². The first kappa shape index (κ1) is 25.6. The van der Waals surface area contributed by atoms with Crippen molar-refractivity contribution in [3.63, 3.8) is 0 Å². The lowest BCUT2D eigenvalue weighted by atomic mass is 9.86. The number of halogens is 3. The van der Waals surface area contributed by atoms with Crippen LogP contribution in [0.3, 0.4) is 0 Å². The molecule has 2 N–H and O–H groups in total. The maximum Gasteiger partial charge on any atom is 0.243 e. The summed E-state index contributed by atoms with van der Waals surface area (Å²) in [5, 5.41) is 7.61. The predicted molar refractivity (Wildman–Crippen MR) is 143 cm³/mol. The van der Waals surface area contributed by atoms with Crippen molar-refractivity contribution in [1.29, 1.82) is 0 Å². The van der Waals surface area contributed by atoms with Gasteiger partial charge in [0.25, 0.3) is 0 Å². The monoisotopic (exact) mass is 524 g/mol. The van der Waals surface area contributed by atoms with Gasteiger partial charge in [0.2, 0.25) is 5.91 Å². The Morgan fingerprint density at radius 1 is 1.00 bits per heavy atom. The number of hydrogen-bond donors (Lipinski definition) is 2. The fourth-order valence-electron chi connectivity index (χ4n) is 5.41. The first-order valence-corrected chi connectivity index (χ1v) is 13.1. The Morgan fingerprint density at radius 3 is 2.51 bits per heavy atom. The fourth-order valence-corrected chi connectivity index (χ4v) is 5.59. The molecule has 194 valence electrons. The molecule has 0 aliphatic carbocycles. The minimum absolute atomic E-state index is 0.0233. The van der Waals surface area contributed by atoms with Gasteiger partial charge in [-0.3, -0.25) is 4.79 Å². The molecule has 2 saturated heterocycles. The topological polar surface area (TPSA) is 47.6 Å². The van der Waals surface area contributed by atoms with E-state index in [1.807, 2.05) is 59.5 Å². The van der Waals surface area contributed by atoms with Gasteiger partial charge in [0.15, 0.2) is 0 Å². The molecule has 2 aliphatic rings. The van der Waals surface area contributed by atoms with E-state index < -0.39 is 17.2 Å². The molecule has 3 aromatic carbocycles. The minimum atomic E-state index is -0.751. The molecule has 8 heteroatoms. The van der Waals surface area contributed by atoms with Gasteiger partial charge in [-0.25, -0.2) is 8.78 Å². The Bertz CT molecular complexity index is 1240. The second kappa shape index (κ2) is 11.2. The molecule has 5 nitrogen and oxygen atoms in total. The molecule has 2 heterocycles. The van der Waals surface area contributed by atoms with E-state index >= 15 is 0 Å². The molecule has 2 fully saturated rings. The van der Waals surface area contributed by atoms with E-state index in [2.05, 4.69) is 15.5 Å². The largest absolute Gasteiger partial charge is 0.368 e. The quantitative estimate of drug-likeness (QED) is 0.481. The number of nitrogens with zero attached hydrogens (tertiary/aromatic N) is 2. The van der Waals surface area contributed by atoms with Crippen LogP contribution in [-0.2, 0) is 17.8 Å². The summed E-state index contributed by atoms with van der Waals surface area (Å²) < 4.78 is 27.4. The molecule has 2 atom stereocenters. The van der Waals surface area contributed by atoms with Gasteiger partial charge in [0, 0.05) is 67.7 Å². The molecule has 2 aliphatic heterocycles. The normalized spacial score (nSPS) is 21.9. The van der Waals surface area contributed by atoms with Crippen LogP contribution in [0.5, 0.6) is 0 Å². The van der Waals surface area contributed by atoms with Crippen LogP contribution >= 0.6 is 11.6 Å². The van der Waals surface area contributed by atoms with Gasteiger partial charge in [-0.05, 0) is 42.7 Å². The van der Waals surface area contributed by atoms with Gasteiger partial charge in [-0.15, -0.1) is 0 Å². The van der Waals surface area contributed by atoms with E-state index in [9.17, 15) is 13.6 Å². The number of hydrogen-bond acceptors (Lipinski definition) is 4. The Labute approximate surface area is 221 Å². The zero-order valence-corrected chi connectivity index (χ0v) is 21.4. The summed E-state index contributed by atoms with van der Waals surface area (Å²) in [4.78, 5) is 18.2. The summed E-state index contributed by atoms with van der Waals surface area (Å²) in [5.41, 5.74) is 1.81. The standard InChI is InChI=1S/C29H31ClF2N4O/c30-23-7-4-8-26(15-23)35-11-13-36(14-12-35)28(37)29(17-21-5-2-1-3-6-21)18-25(20-34-29)33-19-22-9-10-24(31)16-27(22)32/h1-10,15-16,25,33-34H,11-14,17-20H2/t25-,29-/m0/s1. The number of carbonyl (C=O) groups excluding carboxylic acids is 1. The molecular weight excluding hydrogens is 494 g/mol. The lowest BCUT2D eigenvalue weighted by molar-refractivity contribution is -0.138. The van der Waals surface area contributed by atoms with Crippen molar-refractivity contribution in [2.45, 2.75) is 31.0 Å². The van der Waals surface area contributed by atoms with Crippen molar-refractivity contribution in [2.75, 3.05) is 37.6 Å². The SMILES string of the molecule is O=C(N1CCN(c2cccc(Cl)c2)CC1)[C@]1(Cc2ccccc2)C[C@H](NCc2ccc(F)cc2F)CN1. The first-order chi connectivity index (χ1) is 17.9. The second-order valence-electron chi connectivity index (χ2n) is 9.90. The van der Waals surface area contributed by atoms with E-state index in [1.165, 1.54) is 12.1 Å². The summed E-state index contributed by atoms with van der Waals surface area (Å²) in [6.45, 7) is 3.58. The number of carbonyl (C=O) groups is 1. The summed E-state index contributed by atoms with van der Waals surface area (Å²) in [6, 6.07) is 21.4. The van der Waals surface area contributed by atoms with Gasteiger partial charge in [-0.2, -0.15) is 0 Å². The molecule has 1 amide bonds. The average molecular weight is 525 g/mol. The van der Waals surface area contributed by atoms with Gasteiger partial charge in [-0.1, -0.05) is 54.1 Å². The zero-order valence-electron chi connectivity index (χ0n) is 20.6. The first-order valence-electron chi connectivity index (χ1n) is 12.7. The van der Waals surface area contributed by atoms with Crippen molar-refractivity contribution in [3.8, 4) is 0 Å². The number of anilines is 1. The third-order valence-corrected chi connectivity index (χ3v) is 7.61. The van der Waals surface area contributed by atoms with E-state index in [0.717, 1.165) is 30.4 Å². The molecule has 5 rings (SSSR count). The maximum absolute atomic E-state index is 14.1. The number of benzene rings is 3. The van der Waals surface area contributed by atoms with Crippen LogP contribution in [-0.4, -0.2) is 55.1 Å². The Kier molecular flexibility index (Phi) is 7.74. The second-order valence-corrected chi connectivity index (χ2v) is 10.3. The zero-order chi connectivity index (χ0) is 25.8. The Morgan fingerprint density at radius 2 is 1.78 bits per heavy atom. The predicted octanol–water partition coefficient (Wildman–Crippen LogP) is 4.40. The van der Waals surface area contributed by atoms with E-state index in [1.54, 1.807) is 0 Å². The van der Waals surface area contributed by atoms with E-state index in [-0.39, 0.29) is 18.5 Å². The van der Waals surface area contributed by atoms with Gasteiger partial charge in [0.05, 0.1) is 0 Å². The number of piperazine rings is 1. The van der Waals surface area contributed by atoms with Crippen molar-refractivity contribution < 1.29 is 13.6 Å². The number of amides is 1. The van der Waals surface area contributed by atoms with Crippen LogP contribution in [0.4, 0.5) is 14.5 Å². The van der Waals surface area contributed by atoms with Gasteiger partial charge in [0.1, 0.15) is 17.2 Å². The highest BCUT2D eigenvalue weighted by atomic mass is 35.5. The third kappa shape index (κ3) is 5.95. The molecule has 0 radical (unpaired) electrons. The van der Waals surface area contributed by atoms with E-state index in [4.69, 9.17) is 11.6 Å². The van der Waals surface area contributed by atoms with Crippen LogP contribution in [0.15, 0.2) is 72.8 Å². The van der Waals surface area contributed by atoms with Gasteiger partial charge >= 0.3 is 0 Å². The molecule has 0 saturated carbocycles. The van der Waals surface area contributed by atoms with Crippen LogP contribution in [0.25, 0.3) is 0 Å². The fraction of sp³-hybridized carbons (Fsp3) is 0.345. The maximum atomic E-state index is 14.1. The lowest BCUT2D eigenvalue weighted by Crippen LogP contribution is -2.60. The lowest BCUT2D eigenvalue weighted by Gasteiger charge is -2.41. The van der Waals surface area contributed by atoms with Crippen molar-refractivity contribution in [1.82, 2.24) is 15.5 Å². The molecule has 0 spiro atoms. The molecule has 37 heavy (non-hydrogen) atoms. The number of rotatable bonds is 7. The highest BCUT2D eigenvalue weighted by molar-refractivity contribution is 6.30. The van der Waals surface area contributed by atoms with Crippen LogP contribution in [0.2, 0.25) is 5.02 Å². The summed E-state index contributed by atoms with van der Waals surface area (Å²) in [7, 11) is 0. The number of nitrogens with one attached hydrogen (secondary N) is 2. The molecule has 0 unspecified atom stereocenters. The Hall–Kier alpha value is -3.00. The molecule has 0 aromatic heterocycles. The van der Waals surface area contributed by atoms with Crippen molar-refractivity contribution >= 4 is 23.2 Å². The summed E-state index contributed by atoms with van der Waals surface area (Å²) in [6.07, 6.45) is 1.16. The van der Waals surface area contributed by atoms with Crippen LogP contribution in [0.1, 0.15) is 17.5 Å². The molecule has 0 bridgehead atoms. The highest BCUT2D eigenvalue weighted by Crippen LogP contribution is 2.29. The summed E-state index contributed by atoms with van der Waals surface area (Å²) in [5.74, 6) is -1.06. The summed E-state index contributed by atoms with van der Waals surface area (Å²) >= 11 is 6.18. The Balaban J connectivity index is 1.28. The highest BCUT2D eigenvalue weighted by Gasteiger charge is 2.47. The minimum Gasteiger partial charge on any atom is -0.368 e. The molecule has 3 aromatic rings.